The van der Waals surface area contributed by atoms with E-state index in [2.05, 4.69) is 4.90 Å². The van der Waals surface area contributed by atoms with Crippen LogP contribution in [0.5, 0.6) is 0 Å². The smallest absolute Gasteiger partial charge is 0.227 e. The number of ether oxygens (including phenoxy) is 1. The Morgan fingerprint density at radius 3 is 2.79 bits per heavy atom. The first-order valence-corrected chi connectivity index (χ1v) is 7.81. The van der Waals surface area contributed by atoms with Crippen molar-refractivity contribution in [3.63, 3.8) is 0 Å². The molecule has 106 valence electrons. The Morgan fingerprint density at radius 2 is 2.11 bits per heavy atom. The summed E-state index contributed by atoms with van der Waals surface area (Å²) in [5.74, 6) is 1.66. The van der Waals surface area contributed by atoms with Gasteiger partial charge in [0.25, 0.3) is 0 Å². The summed E-state index contributed by atoms with van der Waals surface area (Å²) in [6.45, 7) is 3.55. The van der Waals surface area contributed by atoms with Crippen LogP contribution in [0.2, 0.25) is 0 Å². The standard InChI is InChI=1S/C15H24N2O2/c16-13-11-2-1-10(7-11)12(13)14(18)17-5-3-15(8-17)4-6-19-9-15/h10-13H,1-9,16H2/t10-,11-,12-,13+,15-/m0/s1. The Kier molecular flexibility index (Phi) is 2.68. The predicted molar refractivity (Wildman–Crippen MR) is 71.4 cm³/mol. The third-order valence-electron chi connectivity index (χ3n) is 6.20. The molecule has 4 heteroatoms. The average molecular weight is 264 g/mol. The highest BCUT2D eigenvalue weighted by molar-refractivity contribution is 5.81. The lowest BCUT2D eigenvalue weighted by molar-refractivity contribution is -0.137. The molecule has 0 radical (unpaired) electrons. The van der Waals surface area contributed by atoms with Gasteiger partial charge >= 0.3 is 0 Å². The van der Waals surface area contributed by atoms with Crippen LogP contribution in [-0.2, 0) is 9.53 Å². The molecule has 2 aliphatic carbocycles. The summed E-state index contributed by atoms with van der Waals surface area (Å²) >= 11 is 0. The molecular weight excluding hydrogens is 240 g/mol. The first-order chi connectivity index (χ1) is 9.19. The average Bonchev–Trinajstić information content (AvgIpc) is 3.15. The van der Waals surface area contributed by atoms with Gasteiger partial charge in [0.1, 0.15) is 0 Å². The molecule has 4 aliphatic rings. The number of hydrogen-bond donors (Lipinski definition) is 1. The molecule has 0 aromatic heterocycles. The normalized spacial score (nSPS) is 48.6. The van der Waals surface area contributed by atoms with E-state index >= 15 is 0 Å². The van der Waals surface area contributed by atoms with E-state index in [-0.39, 0.29) is 17.4 Å². The molecule has 2 bridgehead atoms. The van der Waals surface area contributed by atoms with Crippen LogP contribution in [-0.4, -0.2) is 43.2 Å². The zero-order valence-electron chi connectivity index (χ0n) is 11.5. The molecule has 2 saturated heterocycles. The first-order valence-electron chi connectivity index (χ1n) is 7.81. The molecule has 0 aromatic rings. The minimum atomic E-state index is 0.122. The Balaban J connectivity index is 1.47. The van der Waals surface area contributed by atoms with E-state index in [0.717, 1.165) is 39.1 Å². The molecular formula is C15H24N2O2. The monoisotopic (exact) mass is 264 g/mol. The highest BCUT2D eigenvalue weighted by atomic mass is 16.5. The highest BCUT2D eigenvalue weighted by Crippen LogP contribution is 2.49. The summed E-state index contributed by atoms with van der Waals surface area (Å²) < 4.78 is 5.54. The van der Waals surface area contributed by atoms with Gasteiger partial charge in [-0.05, 0) is 43.9 Å². The van der Waals surface area contributed by atoms with Crippen molar-refractivity contribution in [1.29, 1.82) is 0 Å². The van der Waals surface area contributed by atoms with Gasteiger partial charge in [0, 0.05) is 31.2 Å². The number of fused-ring (bicyclic) bond motifs is 2. The van der Waals surface area contributed by atoms with Crippen molar-refractivity contribution in [2.24, 2.45) is 28.9 Å². The van der Waals surface area contributed by atoms with Crippen molar-refractivity contribution in [2.75, 3.05) is 26.3 Å². The zero-order valence-corrected chi connectivity index (χ0v) is 11.5. The minimum Gasteiger partial charge on any atom is -0.381 e. The van der Waals surface area contributed by atoms with Crippen molar-refractivity contribution in [1.82, 2.24) is 4.90 Å². The molecule has 2 aliphatic heterocycles. The Hall–Kier alpha value is -0.610. The SMILES string of the molecule is N[C@@H]1[C@H]2CC[C@@H](C2)[C@@H]1C(=O)N1CC[C@]2(CCOC2)C1. The van der Waals surface area contributed by atoms with Crippen molar-refractivity contribution < 1.29 is 9.53 Å². The lowest BCUT2D eigenvalue weighted by Crippen LogP contribution is -2.47. The second-order valence-electron chi connectivity index (χ2n) is 7.25. The number of hydrogen-bond acceptors (Lipinski definition) is 3. The van der Waals surface area contributed by atoms with Gasteiger partial charge in [-0.1, -0.05) is 0 Å². The third-order valence-corrected chi connectivity index (χ3v) is 6.20. The number of carbonyl (C=O) groups excluding carboxylic acids is 1. The topological polar surface area (TPSA) is 55.6 Å². The van der Waals surface area contributed by atoms with E-state index in [1.165, 1.54) is 19.3 Å². The first kappa shape index (κ1) is 12.2. The third kappa shape index (κ3) is 1.76. The van der Waals surface area contributed by atoms with Gasteiger partial charge in [-0.2, -0.15) is 0 Å². The minimum absolute atomic E-state index is 0.122. The van der Waals surface area contributed by atoms with Gasteiger partial charge in [-0.15, -0.1) is 0 Å². The number of amides is 1. The van der Waals surface area contributed by atoms with E-state index in [0.29, 0.717) is 17.7 Å². The van der Waals surface area contributed by atoms with E-state index in [9.17, 15) is 4.79 Å². The van der Waals surface area contributed by atoms with Crippen LogP contribution in [0.1, 0.15) is 32.1 Å². The van der Waals surface area contributed by atoms with E-state index in [4.69, 9.17) is 10.5 Å². The Bertz CT molecular complexity index is 390. The second kappa shape index (κ2) is 4.19. The summed E-state index contributed by atoms with van der Waals surface area (Å²) in [7, 11) is 0. The van der Waals surface area contributed by atoms with Crippen LogP contribution < -0.4 is 5.73 Å². The molecule has 4 rings (SSSR count). The van der Waals surface area contributed by atoms with Crippen LogP contribution >= 0.6 is 0 Å². The Labute approximate surface area is 114 Å². The number of carbonyl (C=O) groups is 1. The molecule has 1 amide bonds. The number of likely N-dealkylation sites (tertiary alicyclic amines) is 1. The largest absolute Gasteiger partial charge is 0.381 e. The van der Waals surface area contributed by atoms with E-state index in [1.807, 2.05) is 0 Å². The molecule has 4 nitrogen and oxygen atoms in total. The fraction of sp³-hybridized carbons (Fsp3) is 0.933. The van der Waals surface area contributed by atoms with Crippen molar-refractivity contribution in [3.05, 3.63) is 0 Å². The summed E-state index contributed by atoms with van der Waals surface area (Å²) in [4.78, 5) is 14.9. The van der Waals surface area contributed by atoms with Gasteiger partial charge in [-0.25, -0.2) is 0 Å². The molecule has 0 aromatic carbocycles. The predicted octanol–water partition coefficient (Wildman–Crippen LogP) is 0.999. The molecule has 2 saturated carbocycles. The summed E-state index contributed by atoms with van der Waals surface area (Å²) in [6, 6.07) is 0.127. The molecule has 19 heavy (non-hydrogen) atoms. The number of rotatable bonds is 1. The molecule has 4 fully saturated rings. The van der Waals surface area contributed by atoms with Gasteiger partial charge in [0.05, 0.1) is 12.5 Å². The van der Waals surface area contributed by atoms with Crippen LogP contribution in [0.25, 0.3) is 0 Å². The lowest BCUT2D eigenvalue weighted by Gasteiger charge is -2.31. The van der Waals surface area contributed by atoms with E-state index in [1.54, 1.807) is 0 Å². The summed E-state index contributed by atoms with van der Waals surface area (Å²) in [6.07, 6.45) is 5.90. The van der Waals surface area contributed by atoms with Crippen molar-refractivity contribution in [3.8, 4) is 0 Å². The van der Waals surface area contributed by atoms with Crippen LogP contribution in [0, 0.1) is 23.2 Å². The fourth-order valence-electron chi connectivity index (χ4n) is 5.01. The molecule has 2 heterocycles. The molecule has 1 spiro atoms. The number of nitrogens with two attached hydrogens (primary N) is 1. The van der Waals surface area contributed by atoms with Gasteiger partial charge in [0.15, 0.2) is 0 Å². The zero-order chi connectivity index (χ0) is 13.0. The van der Waals surface area contributed by atoms with Crippen LogP contribution in [0.15, 0.2) is 0 Å². The maximum Gasteiger partial charge on any atom is 0.227 e. The van der Waals surface area contributed by atoms with Crippen LogP contribution in [0.4, 0.5) is 0 Å². The van der Waals surface area contributed by atoms with Gasteiger partial charge in [-0.3, -0.25) is 4.79 Å². The lowest BCUT2D eigenvalue weighted by atomic mass is 9.83. The summed E-state index contributed by atoms with van der Waals surface area (Å²) in [5.41, 5.74) is 6.58. The quantitative estimate of drug-likeness (QED) is 0.768. The highest BCUT2D eigenvalue weighted by Gasteiger charge is 2.52. The van der Waals surface area contributed by atoms with Crippen molar-refractivity contribution >= 4 is 5.91 Å². The van der Waals surface area contributed by atoms with Crippen LogP contribution in [0.3, 0.4) is 0 Å². The molecule has 0 unspecified atom stereocenters. The van der Waals surface area contributed by atoms with Gasteiger partial charge in [0.2, 0.25) is 5.91 Å². The van der Waals surface area contributed by atoms with E-state index < -0.39 is 0 Å². The molecule has 2 N–H and O–H groups in total. The maximum atomic E-state index is 12.8. The number of nitrogens with zero attached hydrogens (tertiary/aromatic N) is 1. The van der Waals surface area contributed by atoms with Crippen molar-refractivity contribution in [2.45, 2.75) is 38.1 Å². The second-order valence-corrected chi connectivity index (χ2v) is 7.25. The fourth-order valence-corrected chi connectivity index (χ4v) is 5.01. The maximum absolute atomic E-state index is 12.8. The van der Waals surface area contributed by atoms with Gasteiger partial charge < -0.3 is 15.4 Å². The molecule has 5 atom stereocenters. The summed E-state index contributed by atoms with van der Waals surface area (Å²) in [5, 5.41) is 0. The Morgan fingerprint density at radius 1 is 1.26 bits per heavy atom.